The van der Waals surface area contributed by atoms with Gasteiger partial charge in [-0.15, -0.1) is 10.2 Å². The van der Waals surface area contributed by atoms with Crippen molar-refractivity contribution < 1.29 is 22.0 Å². The summed E-state index contributed by atoms with van der Waals surface area (Å²) in [6, 6.07) is 3.55. The highest BCUT2D eigenvalue weighted by molar-refractivity contribution is 7.85. The van der Waals surface area contributed by atoms with Crippen LogP contribution in [0, 0.1) is 0 Å². The van der Waals surface area contributed by atoms with E-state index < -0.39 is 10.1 Å². The molecular formula is C10H11N3O4S. The number of nitrogens with zero attached hydrogens (tertiary/aromatic N) is 3. The predicted octanol–water partition coefficient (Wildman–Crippen LogP) is -0.0406. The topological polar surface area (TPSA) is 100 Å². The van der Waals surface area contributed by atoms with Crippen LogP contribution in [-0.2, 0) is 16.7 Å². The predicted molar refractivity (Wildman–Crippen MR) is 59.1 cm³/mol. The molecule has 0 bridgehead atoms. The van der Waals surface area contributed by atoms with Gasteiger partial charge in [-0.1, -0.05) is 0 Å². The van der Waals surface area contributed by atoms with Crippen molar-refractivity contribution >= 4 is 10.1 Å². The van der Waals surface area contributed by atoms with E-state index in [1.54, 1.807) is 29.1 Å². The lowest BCUT2D eigenvalue weighted by atomic mass is 10.2. The Labute approximate surface area is 104 Å². The smallest absolute Gasteiger partial charge is 0.247 e. The normalized spacial score (nSPS) is 11.6. The summed E-state index contributed by atoms with van der Waals surface area (Å²) < 4.78 is 38.1. The standard InChI is InChI=1S/C10H11N3O4S/c14-18(15,16)7-1-4-13-5-2-9(3-6-13)10-12-11-8-17-10/h2-3,5-6,8H,1,4,7H2. The van der Waals surface area contributed by atoms with E-state index in [0.717, 1.165) is 5.56 Å². The van der Waals surface area contributed by atoms with Crippen molar-refractivity contribution in [2.24, 2.45) is 0 Å². The maximum Gasteiger partial charge on any atom is 0.247 e. The highest BCUT2D eigenvalue weighted by Crippen LogP contribution is 2.12. The first-order valence-electron chi connectivity index (χ1n) is 5.24. The van der Waals surface area contributed by atoms with E-state index in [4.69, 9.17) is 4.42 Å². The Kier molecular flexibility index (Phi) is 3.68. The van der Waals surface area contributed by atoms with Crippen LogP contribution in [0.15, 0.2) is 35.3 Å². The minimum Gasteiger partial charge on any atom is -0.748 e. The van der Waals surface area contributed by atoms with Gasteiger partial charge in [0.25, 0.3) is 0 Å². The van der Waals surface area contributed by atoms with Crippen LogP contribution in [0.4, 0.5) is 0 Å². The third kappa shape index (κ3) is 3.60. The average Bonchev–Trinajstić information content (AvgIpc) is 2.82. The third-order valence-electron chi connectivity index (χ3n) is 2.31. The highest BCUT2D eigenvalue weighted by Gasteiger charge is 2.07. The largest absolute Gasteiger partial charge is 0.748 e. The third-order valence-corrected chi connectivity index (χ3v) is 3.10. The van der Waals surface area contributed by atoms with E-state index in [1.165, 1.54) is 6.39 Å². The van der Waals surface area contributed by atoms with E-state index in [0.29, 0.717) is 12.4 Å². The molecule has 0 amide bonds. The zero-order valence-corrected chi connectivity index (χ0v) is 10.2. The molecule has 0 saturated heterocycles. The number of pyridine rings is 1. The van der Waals surface area contributed by atoms with Crippen molar-refractivity contribution in [1.29, 1.82) is 0 Å². The van der Waals surface area contributed by atoms with Crippen LogP contribution >= 0.6 is 0 Å². The molecule has 0 N–H and O–H groups in total. The van der Waals surface area contributed by atoms with Crippen LogP contribution in [-0.4, -0.2) is 28.9 Å². The molecule has 0 saturated carbocycles. The molecule has 18 heavy (non-hydrogen) atoms. The van der Waals surface area contributed by atoms with Gasteiger partial charge in [0.05, 0.1) is 15.7 Å². The maximum atomic E-state index is 10.4. The van der Waals surface area contributed by atoms with Gasteiger partial charge in [-0.3, -0.25) is 0 Å². The summed E-state index contributed by atoms with van der Waals surface area (Å²) in [4.78, 5) is 0. The molecule has 0 aromatic carbocycles. The lowest BCUT2D eigenvalue weighted by Crippen LogP contribution is -2.33. The zero-order valence-electron chi connectivity index (χ0n) is 9.39. The van der Waals surface area contributed by atoms with E-state index in [-0.39, 0.29) is 12.2 Å². The number of rotatable bonds is 5. The molecule has 2 aromatic rings. The monoisotopic (exact) mass is 269 g/mol. The summed E-state index contributed by atoms with van der Waals surface area (Å²) in [5.74, 6) is 0.0649. The van der Waals surface area contributed by atoms with Gasteiger partial charge in [0.15, 0.2) is 12.4 Å². The lowest BCUT2D eigenvalue weighted by molar-refractivity contribution is -0.696. The van der Waals surface area contributed by atoms with Crippen molar-refractivity contribution in [2.75, 3.05) is 5.75 Å². The second kappa shape index (κ2) is 5.23. The second-order valence-electron chi connectivity index (χ2n) is 3.68. The molecule has 0 aliphatic carbocycles. The fraction of sp³-hybridized carbons (Fsp3) is 0.300. The van der Waals surface area contributed by atoms with Crippen molar-refractivity contribution in [3.8, 4) is 11.5 Å². The first-order valence-corrected chi connectivity index (χ1v) is 6.81. The Morgan fingerprint density at radius 1 is 1.33 bits per heavy atom. The minimum atomic E-state index is -4.13. The van der Waals surface area contributed by atoms with Crippen molar-refractivity contribution in [3.63, 3.8) is 0 Å². The second-order valence-corrected chi connectivity index (χ2v) is 5.21. The number of aromatic nitrogens is 3. The van der Waals surface area contributed by atoms with Gasteiger partial charge in [0, 0.05) is 24.3 Å². The molecule has 2 heterocycles. The Hall–Kier alpha value is -1.80. The first kappa shape index (κ1) is 12.7. The molecule has 0 unspecified atom stereocenters. The van der Waals surface area contributed by atoms with Gasteiger partial charge in [-0.25, -0.2) is 13.0 Å². The SMILES string of the molecule is O=S(=O)([O-])CCC[n+]1ccc(-c2nnco2)cc1. The summed E-state index contributed by atoms with van der Waals surface area (Å²) in [7, 11) is -4.13. The molecular weight excluding hydrogens is 258 g/mol. The van der Waals surface area contributed by atoms with Crippen molar-refractivity contribution in [2.45, 2.75) is 13.0 Å². The van der Waals surface area contributed by atoms with Crippen molar-refractivity contribution in [3.05, 3.63) is 30.9 Å². The van der Waals surface area contributed by atoms with Crippen molar-refractivity contribution in [1.82, 2.24) is 10.2 Å². The molecule has 0 aliphatic rings. The van der Waals surface area contributed by atoms with Gasteiger partial charge < -0.3 is 8.97 Å². The maximum absolute atomic E-state index is 10.4. The lowest BCUT2D eigenvalue weighted by Gasteiger charge is -2.04. The van der Waals surface area contributed by atoms with Gasteiger partial charge in [0.1, 0.15) is 6.54 Å². The Morgan fingerprint density at radius 3 is 2.61 bits per heavy atom. The van der Waals surface area contributed by atoms with Crippen LogP contribution in [0.2, 0.25) is 0 Å². The van der Waals surface area contributed by atoms with Gasteiger partial charge >= 0.3 is 0 Å². The molecule has 0 spiro atoms. The summed E-state index contributed by atoms with van der Waals surface area (Å²) in [5.41, 5.74) is 0.778. The van der Waals surface area contributed by atoms with Crippen LogP contribution in [0.3, 0.4) is 0 Å². The first-order chi connectivity index (χ1) is 8.54. The van der Waals surface area contributed by atoms with E-state index >= 15 is 0 Å². The number of hydrogen-bond donors (Lipinski definition) is 0. The molecule has 2 aromatic heterocycles. The Bertz CT molecular complexity index is 593. The highest BCUT2D eigenvalue weighted by atomic mass is 32.2. The summed E-state index contributed by atoms with van der Waals surface area (Å²) in [6.45, 7) is 0.464. The van der Waals surface area contributed by atoms with Gasteiger partial charge in [-0.05, 0) is 0 Å². The van der Waals surface area contributed by atoms with Crippen LogP contribution < -0.4 is 4.57 Å². The van der Waals surface area contributed by atoms with Gasteiger partial charge in [0.2, 0.25) is 12.3 Å². The molecule has 2 rings (SSSR count). The molecule has 0 fully saturated rings. The minimum absolute atomic E-state index is 0.288. The summed E-state index contributed by atoms with van der Waals surface area (Å²) >= 11 is 0. The van der Waals surface area contributed by atoms with E-state index in [1.807, 2.05) is 0 Å². The Balaban J connectivity index is 1.96. The molecule has 7 nitrogen and oxygen atoms in total. The molecule has 0 atom stereocenters. The Morgan fingerprint density at radius 2 is 2.06 bits per heavy atom. The number of aryl methyl sites for hydroxylation is 1. The van der Waals surface area contributed by atoms with Crippen LogP contribution in [0.1, 0.15) is 6.42 Å². The summed E-state index contributed by atoms with van der Waals surface area (Å²) in [5, 5.41) is 7.34. The quantitative estimate of drug-likeness (QED) is 0.557. The number of hydrogen-bond acceptors (Lipinski definition) is 6. The average molecular weight is 269 g/mol. The zero-order chi connectivity index (χ0) is 13.0. The van der Waals surface area contributed by atoms with E-state index in [2.05, 4.69) is 10.2 Å². The molecule has 0 aliphatic heterocycles. The molecule has 8 heteroatoms. The molecule has 0 radical (unpaired) electrons. The molecule has 96 valence electrons. The van der Waals surface area contributed by atoms with Crippen LogP contribution in [0.25, 0.3) is 11.5 Å². The fourth-order valence-corrected chi connectivity index (χ4v) is 1.95. The van der Waals surface area contributed by atoms with E-state index in [9.17, 15) is 13.0 Å². The van der Waals surface area contributed by atoms with Crippen LogP contribution in [0.5, 0.6) is 0 Å². The van der Waals surface area contributed by atoms with Gasteiger partial charge in [-0.2, -0.15) is 0 Å². The summed E-state index contributed by atoms with van der Waals surface area (Å²) in [6.07, 6.45) is 5.06. The fourth-order valence-electron chi connectivity index (χ4n) is 1.47.